The van der Waals surface area contributed by atoms with Crippen molar-refractivity contribution in [2.75, 3.05) is 6.54 Å². The van der Waals surface area contributed by atoms with E-state index in [1.807, 2.05) is 30.3 Å². The third-order valence-electron chi connectivity index (χ3n) is 3.10. The van der Waals surface area contributed by atoms with E-state index in [9.17, 15) is 9.59 Å². The van der Waals surface area contributed by atoms with Gasteiger partial charge < -0.3 is 10.1 Å². The van der Waals surface area contributed by atoms with Crippen LogP contribution in [0.3, 0.4) is 0 Å². The molecule has 5 heteroatoms. The third kappa shape index (κ3) is 4.08. The fourth-order valence-corrected chi connectivity index (χ4v) is 2.38. The average Bonchev–Trinajstić information content (AvgIpc) is 2.93. The molecule has 1 fully saturated rings. The Morgan fingerprint density at radius 3 is 2.74 bits per heavy atom. The molecule has 102 valence electrons. The summed E-state index contributed by atoms with van der Waals surface area (Å²) in [5.41, 5.74) is 0.939. The molecule has 2 rings (SSSR count). The Hall–Kier alpha value is -1.33. The highest BCUT2D eigenvalue weighted by atomic mass is 32.1. The van der Waals surface area contributed by atoms with Gasteiger partial charge in [-0.3, -0.25) is 4.79 Å². The minimum absolute atomic E-state index is 0.0889. The second-order valence-electron chi connectivity index (χ2n) is 4.57. The summed E-state index contributed by atoms with van der Waals surface area (Å²) >= 11 is 4.36. The third-order valence-corrected chi connectivity index (χ3v) is 3.58. The Bertz CT molecular complexity index is 443. The monoisotopic (exact) mass is 279 g/mol. The standard InChI is InChI=1S/C14H17NO3S/c16-13(18-14(17)11-7-4-8-15-11)9-12(19)10-5-2-1-3-6-10/h1-3,5-6,11-12,15,19H,4,7-9H2/t11-,12?/m0/s1. The molecular weight excluding hydrogens is 262 g/mol. The van der Waals surface area contributed by atoms with Crippen LogP contribution in [-0.4, -0.2) is 24.5 Å². The van der Waals surface area contributed by atoms with Crippen molar-refractivity contribution >= 4 is 24.6 Å². The lowest BCUT2D eigenvalue weighted by molar-refractivity contribution is -0.160. The van der Waals surface area contributed by atoms with Gasteiger partial charge in [-0.1, -0.05) is 30.3 Å². The molecule has 0 spiro atoms. The average molecular weight is 279 g/mol. The number of carbonyl (C=O) groups is 2. The van der Waals surface area contributed by atoms with E-state index >= 15 is 0 Å². The SMILES string of the molecule is O=C(CC(S)c1ccccc1)OC(=O)[C@@H]1CCCN1. The van der Waals surface area contributed by atoms with Crippen LogP contribution >= 0.6 is 12.6 Å². The van der Waals surface area contributed by atoms with Crippen molar-refractivity contribution in [3.05, 3.63) is 35.9 Å². The molecule has 2 atom stereocenters. The Morgan fingerprint density at radius 1 is 1.37 bits per heavy atom. The predicted octanol–water partition coefficient (Wildman–Crippen LogP) is 1.87. The zero-order valence-electron chi connectivity index (χ0n) is 10.5. The summed E-state index contributed by atoms with van der Waals surface area (Å²) in [6, 6.07) is 9.13. The van der Waals surface area contributed by atoms with E-state index in [1.54, 1.807) is 0 Å². The minimum Gasteiger partial charge on any atom is -0.392 e. The molecule has 4 nitrogen and oxygen atoms in total. The highest BCUT2D eigenvalue weighted by Gasteiger charge is 2.26. The van der Waals surface area contributed by atoms with Crippen molar-refractivity contribution in [3.8, 4) is 0 Å². The topological polar surface area (TPSA) is 55.4 Å². The van der Waals surface area contributed by atoms with Crippen molar-refractivity contribution < 1.29 is 14.3 Å². The first-order valence-electron chi connectivity index (χ1n) is 6.38. The number of carbonyl (C=O) groups excluding carboxylic acids is 2. The number of rotatable bonds is 4. The lowest BCUT2D eigenvalue weighted by Crippen LogP contribution is -2.33. The number of benzene rings is 1. The molecular formula is C14H17NO3S. The highest BCUT2D eigenvalue weighted by molar-refractivity contribution is 7.80. The van der Waals surface area contributed by atoms with Gasteiger partial charge in [0.15, 0.2) is 0 Å². The fourth-order valence-electron chi connectivity index (χ4n) is 2.06. The Morgan fingerprint density at radius 2 is 2.11 bits per heavy atom. The van der Waals surface area contributed by atoms with E-state index in [1.165, 1.54) is 0 Å². The predicted molar refractivity (Wildman–Crippen MR) is 74.9 cm³/mol. The summed E-state index contributed by atoms with van der Waals surface area (Å²) in [7, 11) is 0. The van der Waals surface area contributed by atoms with E-state index in [-0.39, 0.29) is 17.7 Å². The van der Waals surface area contributed by atoms with Crippen LogP contribution in [-0.2, 0) is 14.3 Å². The largest absolute Gasteiger partial charge is 0.392 e. The summed E-state index contributed by atoms with van der Waals surface area (Å²) in [5.74, 6) is -1.00. The van der Waals surface area contributed by atoms with Gasteiger partial charge >= 0.3 is 11.9 Å². The van der Waals surface area contributed by atoms with Crippen molar-refractivity contribution in [2.24, 2.45) is 0 Å². The number of nitrogens with one attached hydrogen (secondary N) is 1. The molecule has 0 bridgehead atoms. The number of esters is 2. The van der Waals surface area contributed by atoms with Crippen LogP contribution in [0.2, 0.25) is 0 Å². The molecule has 1 aliphatic heterocycles. The van der Waals surface area contributed by atoms with E-state index in [0.717, 1.165) is 24.9 Å². The molecule has 1 N–H and O–H groups in total. The number of hydrogen-bond donors (Lipinski definition) is 2. The fraction of sp³-hybridized carbons (Fsp3) is 0.429. The molecule has 1 saturated heterocycles. The van der Waals surface area contributed by atoms with Gasteiger partial charge in [0.05, 0.1) is 6.42 Å². The molecule has 0 aromatic heterocycles. The molecule has 1 heterocycles. The number of hydrogen-bond acceptors (Lipinski definition) is 5. The first kappa shape index (κ1) is 14.1. The van der Waals surface area contributed by atoms with E-state index in [0.29, 0.717) is 0 Å². The molecule has 19 heavy (non-hydrogen) atoms. The van der Waals surface area contributed by atoms with Crippen LogP contribution in [0.15, 0.2) is 30.3 Å². The van der Waals surface area contributed by atoms with Gasteiger partial charge in [0.1, 0.15) is 6.04 Å². The van der Waals surface area contributed by atoms with Gasteiger partial charge in [-0.05, 0) is 24.9 Å². The molecule has 0 amide bonds. The second kappa shape index (κ2) is 6.73. The van der Waals surface area contributed by atoms with Crippen LogP contribution in [0, 0.1) is 0 Å². The maximum Gasteiger partial charge on any atom is 0.330 e. The van der Waals surface area contributed by atoms with Crippen LogP contribution in [0.5, 0.6) is 0 Å². The van der Waals surface area contributed by atoms with E-state index in [2.05, 4.69) is 17.9 Å². The molecule has 1 aliphatic rings. The summed E-state index contributed by atoms with van der Waals surface area (Å²) in [6.07, 6.45) is 1.76. The van der Waals surface area contributed by atoms with E-state index < -0.39 is 11.9 Å². The van der Waals surface area contributed by atoms with Crippen LogP contribution < -0.4 is 5.32 Å². The normalized spacial score (nSPS) is 19.9. The van der Waals surface area contributed by atoms with Crippen molar-refractivity contribution in [3.63, 3.8) is 0 Å². The lowest BCUT2D eigenvalue weighted by Gasteiger charge is -2.12. The number of thiol groups is 1. The maximum atomic E-state index is 11.7. The Kier molecular flexibility index (Phi) is 4.99. The molecule has 1 unspecified atom stereocenters. The smallest absolute Gasteiger partial charge is 0.330 e. The summed E-state index contributed by atoms with van der Waals surface area (Å²) in [6.45, 7) is 0.799. The summed E-state index contributed by atoms with van der Waals surface area (Å²) in [5, 5.41) is 2.75. The Balaban J connectivity index is 1.82. The Labute approximate surface area is 117 Å². The first-order valence-corrected chi connectivity index (χ1v) is 6.89. The molecule has 1 aromatic carbocycles. The van der Waals surface area contributed by atoms with Gasteiger partial charge in [0.2, 0.25) is 0 Å². The van der Waals surface area contributed by atoms with Gasteiger partial charge in [0, 0.05) is 5.25 Å². The molecule has 1 aromatic rings. The van der Waals surface area contributed by atoms with Crippen molar-refractivity contribution in [1.82, 2.24) is 5.32 Å². The van der Waals surface area contributed by atoms with Crippen LogP contribution in [0.4, 0.5) is 0 Å². The van der Waals surface area contributed by atoms with Gasteiger partial charge in [-0.15, -0.1) is 0 Å². The van der Waals surface area contributed by atoms with E-state index in [4.69, 9.17) is 4.74 Å². The summed E-state index contributed by atoms with van der Waals surface area (Å²) < 4.78 is 4.84. The van der Waals surface area contributed by atoms with Crippen molar-refractivity contribution in [1.29, 1.82) is 0 Å². The second-order valence-corrected chi connectivity index (χ2v) is 5.20. The zero-order valence-corrected chi connectivity index (χ0v) is 11.4. The maximum absolute atomic E-state index is 11.7. The molecule has 0 saturated carbocycles. The van der Waals surface area contributed by atoms with Gasteiger partial charge in [0.25, 0.3) is 0 Å². The zero-order chi connectivity index (χ0) is 13.7. The lowest BCUT2D eigenvalue weighted by atomic mass is 10.1. The molecule has 0 radical (unpaired) electrons. The van der Waals surface area contributed by atoms with Gasteiger partial charge in [-0.2, -0.15) is 12.6 Å². The first-order chi connectivity index (χ1) is 9.16. The van der Waals surface area contributed by atoms with Crippen molar-refractivity contribution in [2.45, 2.75) is 30.6 Å². The number of ether oxygens (including phenoxy) is 1. The minimum atomic E-state index is -0.525. The van der Waals surface area contributed by atoms with Crippen LogP contribution in [0.25, 0.3) is 0 Å². The quantitative estimate of drug-likeness (QED) is 0.502. The van der Waals surface area contributed by atoms with Gasteiger partial charge in [-0.25, -0.2) is 4.79 Å². The van der Waals surface area contributed by atoms with Crippen LogP contribution in [0.1, 0.15) is 30.1 Å². The highest BCUT2D eigenvalue weighted by Crippen LogP contribution is 2.23. The summed E-state index contributed by atoms with van der Waals surface area (Å²) in [4.78, 5) is 23.3. The molecule has 0 aliphatic carbocycles.